The van der Waals surface area contributed by atoms with Gasteiger partial charge in [-0.3, -0.25) is 4.99 Å². The molecule has 0 spiro atoms. The number of hydrogen-bond acceptors (Lipinski definition) is 3. The van der Waals surface area contributed by atoms with Crippen LogP contribution in [0.1, 0.15) is 40.0 Å². The zero-order chi connectivity index (χ0) is 17.4. The number of likely N-dealkylation sites (tertiary alicyclic amines) is 2. The first kappa shape index (κ1) is 19.5. The van der Waals surface area contributed by atoms with Gasteiger partial charge in [-0.05, 0) is 44.6 Å². The van der Waals surface area contributed by atoms with Gasteiger partial charge in [-0.1, -0.05) is 13.8 Å². The normalized spacial score (nSPS) is 29.2. The Balaban J connectivity index is 1.75. The van der Waals surface area contributed by atoms with Crippen LogP contribution >= 0.6 is 0 Å². The third kappa shape index (κ3) is 6.25. The van der Waals surface area contributed by atoms with E-state index in [9.17, 15) is 0 Å². The molecule has 2 rings (SSSR count). The number of guanidine groups is 1. The molecule has 2 aliphatic rings. The monoisotopic (exact) mass is 338 g/mol. The maximum atomic E-state index is 5.30. The van der Waals surface area contributed by atoms with Crippen LogP contribution in [0.5, 0.6) is 0 Å². The van der Waals surface area contributed by atoms with Crippen LogP contribution in [0, 0.1) is 17.8 Å². The van der Waals surface area contributed by atoms with Crippen LogP contribution in [0.15, 0.2) is 4.99 Å². The Morgan fingerprint density at radius 1 is 1.21 bits per heavy atom. The topological polar surface area (TPSA) is 40.1 Å². The Morgan fingerprint density at radius 2 is 1.96 bits per heavy atom. The number of nitrogens with zero attached hydrogens (tertiary/aromatic N) is 3. The molecule has 1 N–H and O–H groups in total. The molecule has 140 valence electrons. The minimum absolute atomic E-state index is 0.648. The van der Waals surface area contributed by atoms with E-state index in [1.165, 1.54) is 32.5 Å². The second-order valence-corrected chi connectivity index (χ2v) is 7.85. The average molecular weight is 339 g/mol. The predicted octanol–water partition coefficient (Wildman–Crippen LogP) is 2.29. The van der Waals surface area contributed by atoms with Gasteiger partial charge in [-0.2, -0.15) is 0 Å². The molecule has 3 atom stereocenters. The summed E-state index contributed by atoms with van der Waals surface area (Å²) in [6, 6.07) is 0. The second kappa shape index (κ2) is 10.2. The van der Waals surface area contributed by atoms with E-state index in [1.54, 1.807) is 7.11 Å². The maximum Gasteiger partial charge on any atom is 0.193 e. The lowest BCUT2D eigenvalue weighted by atomic mass is 9.92. The van der Waals surface area contributed by atoms with E-state index in [1.807, 2.05) is 0 Å². The number of ether oxygens (including phenoxy) is 1. The van der Waals surface area contributed by atoms with Crippen molar-refractivity contribution in [2.45, 2.75) is 40.0 Å². The van der Waals surface area contributed by atoms with Crippen molar-refractivity contribution in [1.82, 2.24) is 15.1 Å². The molecule has 5 heteroatoms. The summed E-state index contributed by atoms with van der Waals surface area (Å²) in [5, 5.41) is 3.46. The van der Waals surface area contributed by atoms with Gasteiger partial charge in [0.25, 0.3) is 0 Å². The summed E-state index contributed by atoms with van der Waals surface area (Å²) >= 11 is 0. The number of methoxy groups -OCH3 is 1. The van der Waals surface area contributed by atoms with E-state index < -0.39 is 0 Å². The van der Waals surface area contributed by atoms with Crippen LogP contribution in [-0.2, 0) is 4.74 Å². The molecule has 0 bridgehead atoms. The molecule has 2 fully saturated rings. The number of hydrogen-bond donors (Lipinski definition) is 1. The third-order valence-corrected chi connectivity index (χ3v) is 5.16. The summed E-state index contributed by atoms with van der Waals surface area (Å²) in [4.78, 5) is 9.91. The molecule has 0 aromatic heterocycles. The standard InChI is InChI=1S/C19H38N4O/c1-5-20-19(23-10-7-18(14-23)15-24-4)21-8-6-9-22-12-16(2)11-17(3)13-22/h16-18H,5-15H2,1-4H3,(H,20,21). The quantitative estimate of drug-likeness (QED) is 0.439. The van der Waals surface area contributed by atoms with E-state index in [0.717, 1.165) is 57.0 Å². The molecule has 0 radical (unpaired) electrons. The molecule has 5 nitrogen and oxygen atoms in total. The lowest BCUT2D eigenvalue weighted by molar-refractivity contribution is 0.140. The number of rotatable bonds is 7. The number of piperidine rings is 1. The Hall–Kier alpha value is -0.810. The van der Waals surface area contributed by atoms with Gasteiger partial charge in [0.2, 0.25) is 0 Å². The van der Waals surface area contributed by atoms with Gasteiger partial charge >= 0.3 is 0 Å². The largest absolute Gasteiger partial charge is 0.384 e. The van der Waals surface area contributed by atoms with Gasteiger partial charge in [-0.15, -0.1) is 0 Å². The highest BCUT2D eigenvalue weighted by Gasteiger charge is 2.25. The van der Waals surface area contributed by atoms with E-state index in [-0.39, 0.29) is 0 Å². The van der Waals surface area contributed by atoms with Crippen LogP contribution in [-0.4, -0.2) is 75.3 Å². The van der Waals surface area contributed by atoms with Crippen molar-refractivity contribution < 1.29 is 4.74 Å². The summed E-state index contributed by atoms with van der Waals surface area (Å²) in [5.74, 6) is 3.43. The molecule has 0 amide bonds. The highest BCUT2D eigenvalue weighted by Crippen LogP contribution is 2.21. The first-order valence-electron chi connectivity index (χ1n) is 9.86. The van der Waals surface area contributed by atoms with Gasteiger partial charge in [0.15, 0.2) is 5.96 Å². The summed E-state index contributed by atoms with van der Waals surface area (Å²) in [5.41, 5.74) is 0. The fourth-order valence-electron chi connectivity index (χ4n) is 4.28. The predicted molar refractivity (Wildman–Crippen MR) is 102 cm³/mol. The van der Waals surface area contributed by atoms with Crippen molar-refractivity contribution >= 4 is 5.96 Å². The summed E-state index contributed by atoms with van der Waals surface area (Å²) in [6.07, 6.45) is 3.75. The van der Waals surface area contributed by atoms with Crippen molar-refractivity contribution in [2.75, 3.05) is 59.5 Å². The van der Waals surface area contributed by atoms with Crippen molar-refractivity contribution in [3.8, 4) is 0 Å². The molecular formula is C19H38N4O. The number of nitrogens with one attached hydrogen (secondary N) is 1. The van der Waals surface area contributed by atoms with Gasteiger partial charge < -0.3 is 19.9 Å². The number of aliphatic imine (C=N–C) groups is 1. The Labute approximate surface area is 148 Å². The van der Waals surface area contributed by atoms with Crippen molar-refractivity contribution in [3.63, 3.8) is 0 Å². The Bertz CT molecular complexity index is 378. The lowest BCUT2D eigenvalue weighted by Gasteiger charge is -2.34. The SMILES string of the molecule is CCNC(=NCCCN1CC(C)CC(C)C1)N1CCC(COC)C1. The summed E-state index contributed by atoms with van der Waals surface area (Å²) < 4.78 is 5.30. The zero-order valence-corrected chi connectivity index (χ0v) is 16.3. The van der Waals surface area contributed by atoms with E-state index in [4.69, 9.17) is 9.73 Å². The fraction of sp³-hybridized carbons (Fsp3) is 0.947. The molecule has 2 saturated heterocycles. The highest BCUT2D eigenvalue weighted by molar-refractivity contribution is 5.80. The van der Waals surface area contributed by atoms with Crippen LogP contribution < -0.4 is 5.32 Å². The highest BCUT2D eigenvalue weighted by atomic mass is 16.5. The molecule has 0 aromatic carbocycles. The van der Waals surface area contributed by atoms with E-state index in [2.05, 4.69) is 35.9 Å². The summed E-state index contributed by atoms with van der Waals surface area (Å²) in [6.45, 7) is 15.5. The Kier molecular flexibility index (Phi) is 8.33. The smallest absolute Gasteiger partial charge is 0.193 e. The van der Waals surface area contributed by atoms with Crippen LogP contribution in [0.4, 0.5) is 0 Å². The molecule has 0 aliphatic carbocycles. The minimum atomic E-state index is 0.648. The first-order chi connectivity index (χ1) is 11.6. The van der Waals surface area contributed by atoms with Gasteiger partial charge in [0, 0.05) is 52.3 Å². The van der Waals surface area contributed by atoms with Gasteiger partial charge in [0.1, 0.15) is 0 Å². The van der Waals surface area contributed by atoms with Crippen LogP contribution in [0.25, 0.3) is 0 Å². The Morgan fingerprint density at radius 3 is 2.62 bits per heavy atom. The summed E-state index contributed by atoms with van der Waals surface area (Å²) in [7, 11) is 1.80. The van der Waals surface area contributed by atoms with Crippen molar-refractivity contribution in [2.24, 2.45) is 22.7 Å². The molecule has 3 unspecified atom stereocenters. The van der Waals surface area contributed by atoms with Crippen LogP contribution in [0.3, 0.4) is 0 Å². The molecule has 0 aromatic rings. The van der Waals surface area contributed by atoms with Crippen molar-refractivity contribution in [3.05, 3.63) is 0 Å². The molecule has 24 heavy (non-hydrogen) atoms. The van der Waals surface area contributed by atoms with E-state index >= 15 is 0 Å². The molecular weight excluding hydrogens is 300 g/mol. The third-order valence-electron chi connectivity index (χ3n) is 5.16. The van der Waals surface area contributed by atoms with E-state index in [0.29, 0.717) is 5.92 Å². The molecule has 0 saturated carbocycles. The second-order valence-electron chi connectivity index (χ2n) is 7.85. The first-order valence-corrected chi connectivity index (χ1v) is 9.86. The van der Waals surface area contributed by atoms with Gasteiger partial charge in [0.05, 0.1) is 6.61 Å². The van der Waals surface area contributed by atoms with Crippen molar-refractivity contribution in [1.29, 1.82) is 0 Å². The molecule has 2 aliphatic heterocycles. The average Bonchev–Trinajstić information content (AvgIpc) is 2.98. The lowest BCUT2D eigenvalue weighted by Crippen LogP contribution is -2.41. The maximum absolute atomic E-state index is 5.30. The minimum Gasteiger partial charge on any atom is -0.384 e. The zero-order valence-electron chi connectivity index (χ0n) is 16.3. The fourth-order valence-corrected chi connectivity index (χ4v) is 4.28. The van der Waals surface area contributed by atoms with Crippen LogP contribution in [0.2, 0.25) is 0 Å². The van der Waals surface area contributed by atoms with Gasteiger partial charge in [-0.25, -0.2) is 0 Å². The molecule has 2 heterocycles.